The summed E-state index contributed by atoms with van der Waals surface area (Å²) in [5, 5.41) is 0. The lowest BCUT2D eigenvalue weighted by Gasteiger charge is -2.09. The van der Waals surface area contributed by atoms with Crippen molar-refractivity contribution in [3.05, 3.63) is 0 Å². The van der Waals surface area contributed by atoms with Gasteiger partial charge in [0, 0.05) is 11.2 Å². The van der Waals surface area contributed by atoms with Crippen LogP contribution in [0.2, 0.25) is 0 Å². The molecule has 3 heteroatoms. The number of halogens is 1. The lowest BCUT2D eigenvalue weighted by atomic mass is 10.2. The van der Waals surface area contributed by atoms with Crippen LogP contribution < -0.4 is 0 Å². The summed E-state index contributed by atoms with van der Waals surface area (Å²) in [6.45, 7) is 1.99. The van der Waals surface area contributed by atoms with Crippen molar-refractivity contribution < 1.29 is 9.53 Å². The molecule has 0 aliphatic carbocycles. The Labute approximate surface area is 62.7 Å². The van der Waals surface area contributed by atoms with Crippen LogP contribution in [0.15, 0.2) is 0 Å². The maximum atomic E-state index is 10.5. The van der Waals surface area contributed by atoms with Crippen molar-refractivity contribution in [2.75, 3.05) is 0 Å². The van der Waals surface area contributed by atoms with Gasteiger partial charge in [0.15, 0.2) is 0 Å². The van der Waals surface area contributed by atoms with Crippen LogP contribution in [0.25, 0.3) is 0 Å². The minimum Gasteiger partial charge on any atom is -0.461 e. The fourth-order valence-corrected chi connectivity index (χ4v) is 1.24. The van der Waals surface area contributed by atoms with Crippen molar-refractivity contribution in [2.24, 2.45) is 0 Å². The highest BCUT2D eigenvalue weighted by molar-refractivity contribution is 9.09. The van der Waals surface area contributed by atoms with Gasteiger partial charge in [0.25, 0.3) is 0 Å². The Bertz CT molecular complexity index is 122. The van der Waals surface area contributed by atoms with Gasteiger partial charge in [-0.05, 0) is 13.3 Å². The summed E-state index contributed by atoms with van der Waals surface area (Å²) >= 11 is 3.35. The zero-order chi connectivity index (χ0) is 6.85. The van der Waals surface area contributed by atoms with E-state index >= 15 is 0 Å². The molecule has 1 aliphatic rings. The van der Waals surface area contributed by atoms with Crippen molar-refractivity contribution in [2.45, 2.75) is 30.7 Å². The van der Waals surface area contributed by atoms with Crippen LogP contribution in [0.1, 0.15) is 19.8 Å². The number of esters is 1. The molecule has 2 nitrogen and oxygen atoms in total. The first-order valence-corrected chi connectivity index (χ1v) is 3.95. The van der Waals surface area contributed by atoms with E-state index in [-0.39, 0.29) is 12.1 Å². The molecule has 9 heavy (non-hydrogen) atoms. The van der Waals surface area contributed by atoms with Crippen LogP contribution in [0.4, 0.5) is 0 Å². The van der Waals surface area contributed by atoms with E-state index in [0.717, 1.165) is 6.42 Å². The molecule has 2 atom stereocenters. The average Bonchev–Trinajstić information content (AvgIpc) is 2.14. The number of hydrogen-bond donors (Lipinski definition) is 0. The fraction of sp³-hybridized carbons (Fsp3) is 0.833. The van der Waals surface area contributed by atoms with Gasteiger partial charge in [-0.3, -0.25) is 4.79 Å². The minimum absolute atomic E-state index is 0.0636. The molecular formula is C6H9BrO2. The van der Waals surface area contributed by atoms with Crippen LogP contribution in [-0.2, 0) is 9.53 Å². The monoisotopic (exact) mass is 192 g/mol. The number of alkyl halides is 1. The van der Waals surface area contributed by atoms with Gasteiger partial charge < -0.3 is 4.74 Å². The molecule has 1 saturated heterocycles. The molecule has 0 radical (unpaired) electrons. The first kappa shape index (κ1) is 7.06. The van der Waals surface area contributed by atoms with Gasteiger partial charge in [0.05, 0.1) is 0 Å². The maximum absolute atomic E-state index is 10.5. The molecule has 0 aromatic carbocycles. The Hall–Kier alpha value is -0.0500. The lowest BCUT2D eigenvalue weighted by Crippen LogP contribution is -2.16. The summed E-state index contributed by atoms with van der Waals surface area (Å²) in [5.74, 6) is -0.0636. The van der Waals surface area contributed by atoms with Gasteiger partial charge in [-0.25, -0.2) is 0 Å². The predicted molar refractivity (Wildman–Crippen MR) is 37.5 cm³/mol. The zero-order valence-electron chi connectivity index (χ0n) is 5.26. The lowest BCUT2D eigenvalue weighted by molar-refractivity contribution is -0.141. The summed E-state index contributed by atoms with van der Waals surface area (Å²) in [4.78, 5) is 10.8. The summed E-state index contributed by atoms with van der Waals surface area (Å²) in [6.07, 6.45) is 1.56. The molecule has 0 aromatic heterocycles. The van der Waals surface area contributed by atoms with Crippen LogP contribution in [-0.4, -0.2) is 16.9 Å². The van der Waals surface area contributed by atoms with Gasteiger partial charge in [-0.15, -0.1) is 0 Å². The molecular weight excluding hydrogens is 184 g/mol. The summed E-state index contributed by atoms with van der Waals surface area (Å²) < 4.78 is 4.94. The Morgan fingerprint density at radius 1 is 1.89 bits per heavy atom. The van der Waals surface area contributed by atoms with E-state index in [2.05, 4.69) is 15.9 Å². The summed E-state index contributed by atoms with van der Waals surface area (Å²) in [7, 11) is 0. The molecule has 0 aromatic rings. The molecule has 0 amide bonds. The maximum Gasteiger partial charge on any atom is 0.306 e. The molecule has 0 saturated carbocycles. The summed E-state index contributed by atoms with van der Waals surface area (Å²) in [5.41, 5.74) is 0. The topological polar surface area (TPSA) is 26.3 Å². The van der Waals surface area contributed by atoms with E-state index in [1.807, 2.05) is 6.92 Å². The van der Waals surface area contributed by atoms with Crippen molar-refractivity contribution >= 4 is 21.9 Å². The van der Waals surface area contributed by atoms with Crippen molar-refractivity contribution in [1.29, 1.82) is 0 Å². The third-order valence-electron chi connectivity index (χ3n) is 1.43. The van der Waals surface area contributed by atoms with Crippen LogP contribution in [0.3, 0.4) is 0 Å². The third-order valence-corrected chi connectivity index (χ3v) is 2.02. The molecule has 1 rings (SSSR count). The Morgan fingerprint density at radius 2 is 2.56 bits per heavy atom. The SMILES string of the molecule is CC(Br)C1CCC(=O)O1. The highest BCUT2D eigenvalue weighted by Crippen LogP contribution is 2.20. The number of rotatable bonds is 1. The summed E-state index contributed by atoms with van der Waals surface area (Å²) in [6, 6.07) is 0. The fourth-order valence-electron chi connectivity index (χ4n) is 0.870. The molecule has 2 unspecified atom stereocenters. The third kappa shape index (κ3) is 1.68. The highest BCUT2D eigenvalue weighted by atomic mass is 79.9. The standard InChI is InChI=1S/C6H9BrO2/c1-4(7)5-2-3-6(8)9-5/h4-5H,2-3H2,1H3. The molecule has 0 spiro atoms. The van der Waals surface area contributed by atoms with Crippen LogP contribution in [0.5, 0.6) is 0 Å². The number of cyclic esters (lactones) is 1. The predicted octanol–water partition coefficient (Wildman–Crippen LogP) is 1.48. The van der Waals surface area contributed by atoms with Gasteiger partial charge in [-0.1, -0.05) is 15.9 Å². The Balaban J connectivity index is 2.39. The first-order chi connectivity index (χ1) is 4.20. The highest BCUT2D eigenvalue weighted by Gasteiger charge is 2.26. The zero-order valence-corrected chi connectivity index (χ0v) is 6.85. The van der Waals surface area contributed by atoms with E-state index in [9.17, 15) is 4.79 Å². The molecule has 1 aliphatic heterocycles. The smallest absolute Gasteiger partial charge is 0.306 e. The van der Waals surface area contributed by atoms with E-state index in [1.54, 1.807) is 0 Å². The first-order valence-electron chi connectivity index (χ1n) is 3.03. The number of ether oxygens (including phenoxy) is 1. The number of carbonyl (C=O) groups is 1. The minimum atomic E-state index is -0.0636. The van der Waals surface area contributed by atoms with E-state index in [0.29, 0.717) is 11.2 Å². The van der Waals surface area contributed by atoms with Gasteiger partial charge in [-0.2, -0.15) is 0 Å². The van der Waals surface area contributed by atoms with Crippen LogP contribution >= 0.6 is 15.9 Å². The molecule has 1 heterocycles. The second-order valence-electron chi connectivity index (χ2n) is 2.24. The molecule has 0 bridgehead atoms. The normalized spacial score (nSPS) is 30.0. The van der Waals surface area contributed by atoms with Gasteiger partial charge in [0.1, 0.15) is 6.10 Å². The average molecular weight is 193 g/mol. The second-order valence-corrected chi connectivity index (χ2v) is 3.69. The van der Waals surface area contributed by atoms with E-state index < -0.39 is 0 Å². The largest absolute Gasteiger partial charge is 0.461 e. The van der Waals surface area contributed by atoms with Crippen molar-refractivity contribution in [1.82, 2.24) is 0 Å². The molecule has 0 N–H and O–H groups in total. The quantitative estimate of drug-likeness (QED) is 0.465. The second kappa shape index (κ2) is 2.69. The van der Waals surface area contributed by atoms with Crippen molar-refractivity contribution in [3.63, 3.8) is 0 Å². The van der Waals surface area contributed by atoms with E-state index in [1.165, 1.54) is 0 Å². The Morgan fingerprint density at radius 3 is 2.78 bits per heavy atom. The van der Waals surface area contributed by atoms with Crippen LogP contribution in [0, 0.1) is 0 Å². The van der Waals surface area contributed by atoms with Gasteiger partial charge >= 0.3 is 5.97 Å². The number of hydrogen-bond acceptors (Lipinski definition) is 2. The number of carbonyl (C=O) groups excluding carboxylic acids is 1. The molecule has 52 valence electrons. The Kier molecular flexibility index (Phi) is 2.11. The van der Waals surface area contributed by atoms with Gasteiger partial charge in [0.2, 0.25) is 0 Å². The van der Waals surface area contributed by atoms with E-state index in [4.69, 9.17) is 4.74 Å². The van der Waals surface area contributed by atoms with Crippen molar-refractivity contribution in [3.8, 4) is 0 Å². The molecule has 1 fully saturated rings.